The number of aliphatic hydroxyl groups excluding tert-OH is 1. The van der Waals surface area contributed by atoms with Crippen molar-refractivity contribution in [1.29, 1.82) is 0 Å². The minimum absolute atomic E-state index is 0.0545. The fourth-order valence-corrected chi connectivity index (χ4v) is 6.09. The number of imidazole rings is 1. The Hall–Kier alpha value is -4.17. The van der Waals surface area contributed by atoms with Crippen molar-refractivity contribution in [1.82, 2.24) is 24.2 Å². The number of aryl methyl sites for hydroxylation is 1. The molecule has 40 heavy (non-hydrogen) atoms. The van der Waals surface area contributed by atoms with Crippen molar-refractivity contribution in [3.8, 4) is 5.69 Å². The number of aliphatic hydroxyl groups is 1. The van der Waals surface area contributed by atoms with Crippen LogP contribution >= 0.6 is 0 Å². The van der Waals surface area contributed by atoms with Gasteiger partial charge in [0.2, 0.25) is 0 Å². The van der Waals surface area contributed by atoms with E-state index in [0.29, 0.717) is 24.7 Å². The molecule has 1 aliphatic rings. The number of nitrogens with zero attached hydrogens (tertiary/aromatic N) is 4. The van der Waals surface area contributed by atoms with E-state index in [-0.39, 0.29) is 17.6 Å². The summed E-state index contributed by atoms with van der Waals surface area (Å²) >= 11 is 0. The van der Waals surface area contributed by atoms with E-state index < -0.39 is 6.10 Å². The first kappa shape index (κ1) is 26.1. The van der Waals surface area contributed by atoms with E-state index >= 15 is 0 Å². The van der Waals surface area contributed by atoms with Crippen molar-refractivity contribution in [3.63, 3.8) is 0 Å². The van der Waals surface area contributed by atoms with E-state index in [1.54, 1.807) is 16.2 Å². The normalized spacial score (nSPS) is 18.3. The Balaban J connectivity index is 1.17. The molecule has 5 aromatic rings. The molecule has 2 N–H and O–H groups in total. The summed E-state index contributed by atoms with van der Waals surface area (Å²) in [6.45, 7) is 5.01. The first-order valence-corrected chi connectivity index (χ1v) is 14.2. The third-order valence-electron chi connectivity index (χ3n) is 8.25. The maximum atomic E-state index is 13.7. The van der Waals surface area contributed by atoms with E-state index in [4.69, 9.17) is 0 Å². The maximum Gasteiger partial charge on any atom is 0.333 e. The molecule has 0 unspecified atom stereocenters. The summed E-state index contributed by atoms with van der Waals surface area (Å²) < 4.78 is 5.44. The molecule has 1 atom stereocenters. The minimum Gasteiger partial charge on any atom is -0.389 e. The van der Waals surface area contributed by atoms with E-state index in [0.717, 1.165) is 58.9 Å². The average Bonchev–Trinajstić information content (AvgIpc) is 3.49. The predicted molar refractivity (Wildman–Crippen MR) is 157 cm³/mol. The zero-order valence-electron chi connectivity index (χ0n) is 23.0. The molecule has 1 amide bonds. The lowest BCUT2D eigenvalue weighted by Crippen LogP contribution is -2.39. The molecule has 0 spiro atoms. The second kappa shape index (κ2) is 10.8. The maximum absolute atomic E-state index is 13.7. The number of carbonyl (C=O) groups is 1. The molecule has 2 aromatic heterocycles. The predicted octanol–water partition coefficient (Wildman–Crippen LogP) is 5.20. The van der Waals surface area contributed by atoms with Gasteiger partial charge in [0.1, 0.15) is 5.69 Å². The highest BCUT2D eigenvalue weighted by atomic mass is 16.3. The van der Waals surface area contributed by atoms with Crippen LogP contribution in [0.4, 0.5) is 0 Å². The first-order valence-electron chi connectivity index (χ1n) is 14.2. The largest absolute Gasteiger partial charge is 0.389 e. The van der Waals surface area contributed by atoms with Gasteiger partial charge in [-0.05, 0) is 81.3 Å². The number of hydrogen-bond acceptors (Lipinski definition) is 4. The molecule has 1 aliphatic carbocycles. The number of carbonyl (C=O) groups excluding carboxylic acids is 1. The average molecular weight is 538 g/mol. The minimum atomic E-state index is -0.555. The Labute approximate surface area is 232 Å². The third kappa shape index (κ3) is 4.73. The van der Waals surface area contributed by atoms with Crippen LogP contribution in [-0.2, 0) is 13.1 Å². The van der Waals surface area contributed by atoms with Crippen LogP contribution in [0, 0.1) is 5.92 Å². The summed E-state index contributed by atoms with van der Waals surface area (Å²) in [5.74, 6) is 0.282. The quantitative estimate of drug-likeness (QED) is 0.298. The van der Waals surface area contributed by atoms with Gasteiger partial charge in [-0.3, -0.25) is 18.6 Å². The lowest BCUT2D eigenvalue weighted by molar-refractivity contribution is 0.0911. The molecule has 1 saturated carbocycles. The Bertz CT molecular complexity index is 1720. The number of hydrogen-bond donors (Lipinski definition) is 2. The molecule has 0 radical (unpaired) electrons. The van der Waals surface area contributed by atoms with E-state index in [1.165, 1.54) is 0 Å². The SMILES string of the molecule is CCn1nc2ccccc2c1C(=O)NC1CCC(Cn2c(=O)n(-c3ccc([C@@H](C)O)cc3)c3ccccc32)CC1. The van der Waals surface area contributed by atoms with Crippen LogP contribution < -0.4 is 11.0 Å². The summed E-state index contributed by atoms with van der Waals surface area (Å²) in [5.41, 5.74) is 4.80. The van der Waals surface area contributed by atoms with E-state index in [1.807, 2.05) is 84.3 Å². The van der Waals surface area contributed by atoms with Gasteiger partial charge >= 0.3 is 5.69 Å². The molecule has 0 bridgehead atoms. The number of nitrogens with one attached hydrogen (secondary N) is 1. The van der Waals surface area contributed by atoms with Gasteiger partial charge in [-0.1, -0.05) is 42.5 Å². The molecule has 206 valence electrons. The Kier molecular flexibility index (Phi) is 7.02. The van der Waals surface area contributed by atoms with E-state index in [2.05, 4.69) is 10.4 Å². The lowest BCUT2D eigenvalue weighted by atomic mass is 9.86. The second-order valence-corrected chi connectivity index (χ2v) is 10.9. The van der Waals surface area contributed by atoms with Gasteiger partial charge in [0.25, 0.3) is 5.91 Å². The molecule has 6 rings (SSSR count). The van der Waals surface area contributed by atoms with Crippen molar-refractivity contribution >= 4 is 27.8 Å². The monoisotopic (exact) mass is 537 g/mol. The Morgan fingerprint density at radius 1 is 0.975 bits per heavy atom. The number of amides is 1. The van der Waals surface area contributed by atoms with Crippen LogP contribution in [0.25, 0.3) is 27.6 Å². The fraction of sp³-hybridized carbons (Fsp3) is 0.344. The number of aromatic nitrogens is 4. The molecular formula is C32H35N5O3. The van der Waals surface area contributed by atoms with Gasteiger partial charge in [-0.25, -0.2) is 4.79 Å². The number of rotatable bonds is 7. The highest BCUT2D eigenvalue weighted by Crippen LogP contribution is 2.28. The summed E-state index contributed by atoms with van der Waals surface area (Å²) in [6.07, 6.45) is 3.08. The van der Waals surface area contributed by atoms with Crippen molar-refractivity contribution in [2.24, 2.45) is 5.92 Å². The highest BCUT2D eigenvalue weighted by Gasteiger charge is 2.27. The van der Waals surface area contributed by atoms with Gasteiger partial charge in [0.15, 0.2) is 0 Å². The zero-order chi connectivity index (χ0) is 27.8. The molecule has 8 nitrogen and oxygen atoms in total. The van der Waals surface area contributed by atoms with Crippen LogP contribution in [0.15, 0.2) is 77.6 Å². The van der Waals surface area contributed by atoms with Gasteiger partial charge in [0, 0.05) is 24.5 Å². The van der Waals surface area contributed by atoms with Crippen LogP contribution in [0.1, 0.15) is 61.7 Å². The molecular weight excluding hydrogens is 502 g/mol. The summed E-state index contributed by atoms with van der Waals surface area (Å²) in [6, 6.07) is 23.3. The molecule has 0 aliphatic heterocycles. The Morgan fingerprint density at radius 2 is 1.65 bits per heavy atom. The van der Waals surface area contributed by atoms with Crippen molar-refractivity contribution in [2.45, 2.75) is 64.8 Å². The molecule has 1 fully saturated rings. The van der Waals surface area contributed by atoms with Crippen LogP contribution in [0.2, 0.25) is 0 Å². The van der Waals surface area contributed by atoms with Crippen LogP contribution in [0.3, 0.4) is 0 Å². The lowest BCUT2D eigenvalue weighted by Gasteiger charge is -2.29. The summed E-state index contributed by atoms with van der Waals surface area (Å²) in [5, 5.41) is 18.6. The molecule has 0 saturated heterocycles. The van der Waals surface area contributed by atoms with Gasteiger partial charge in [-0.2, -0.15) is 5.10 Å². The van der Waals surface area contributed by atoms with Crippen molar-refractivity contribution in [2.75, 3.05) is 0 Å². The molecule has 8 heteroatoms. The molecule has 2 heterocycles. The highest BCUT2D eigenvalue weighted by molar-refractivity contribution is 6.05. The number of para-hydroxylation sites is 2. The van der Waals surface area contributed by atoms with Crippen LogP contribution in [-0.4, -0.2) is 36.0 Å². The van der Waals surface area contributed by atoms with Gasteiger partial charge < -0.3 is 10.4 Å². The standard InChI is InChI=1S/C32H35N5O3/c1-3-36-30(26-8-4-5-9-27(26)34-36)31(39)33-24-16-12-22(13-17-24)20-35-28-10-6-7-11-29(28)37(32(35)40)25-18-14-23(15-19-25)21(2)38/h4-11,14-15,18-19,21-22,24,38H,3,12-13,16-17,20H2,1-2H3,(H,33,39)/t21-,22?,24?/m1/s1. The number of benzene rings is 3. The summed E-state index contributed by atoms with van der Waals surface area (Å²) in [7, 11) is 0. The van der Waals surface area contributed by atoms with Gasteiger partial charge in [-0.15, -0.1) is 0 Å². The smallest absolute Gasteiger partial charge is 0.333 e. The molecule has 3 aromatic carbocycles. The topological polar surface area (TPSA) is 94.1 Å². The first-order chi connectivity index (χ1) is 19.4. The third-order valence-corrected chi connectivity index (χ3v) is 8.25. The van der Waals surface area contributed by atoms with E-state index in [9.17, 15) is 14.7 Å². The van der Waals surface area contributed by atoms with Crippen molar-refractivity contribution < 1.29 is 9.90 Å². The zero-order valence-corrected chi connectivity index (χ0v) is 23.0. The summed E-state index contributed by atoms with van der Waals surface area (Å²) in [4.78, 5) is 27.0. The number of fused-ring (bicyclic) bond motifs is 2. The van der Waals surface area contributed by atoms with Crippen LogP contribution in [0.5, 0.6) is 0 Å². The second-order valence-electron chi connectivity index (χ2n) is 10.9. The Morgan fingerprint density at radius 3 is 2.35 bits per heavy atom. The van der Waals surface area contributed by atoms with Gasteiger partial charge in [0.05, 0.1) is 28.3 Å². The van der Waals surface area contributed by atoms with Crippen molar-refractivity contribution in [3.05, 3.63) is 94.5 Å². The fourth-order valence-electron chi connectivity index (χ4n) is 6.09.